The molecule has 5 aliphatic carbocycles. The summed E-state index contributed by atoms with van der Waals surface area (Å²) in [5.41, 5.74) is 2.19. The van der Waals surface area contributed by atoms with Gasteiger partial charge in [0.1, 0.15) is 5.78 Å². The Morgan fingerprint density at radius 3 is 2.09 bits per heavy atom. The molecule has 1 radical (unpaired) electrons. The van der Waals surface area contributed by atoms with Crippen molar-refractivity contribution >= 4 is 5.78 Å². The maximum atomic E-state index is 13.2. The van der Waals surface area contributed by atoms with Crippen LogP contribution in [0.2, 0.25) is 0 Å². The molecule has 3 heteroatoms. The minimum atomic E-state index is -0.160. The second-order valence-corrected chi connectivity index (χ2v) is 14.8. The number of fused-ring (bicyclic) bond motifs is 7. The van der Waals surface area contributed by atoms with Crippen molar-refractivity contribution in [3.05, 3.63) is 12.2 Å². The summed E-state index contributed by atoms with van der Waals surface area (Å²) in [5, 5.41) is 10.9. The molecule has 0 bridgehead atoms. The summed E-state index contributed by atoms with van der Waals surface area (Å²) in [7, 11) is 0. The summed E-state index contributed by atoms with van der Waals surface area (Å²) in [5.74, 6) is 3.47. The van der Waals surface area contributed by atoms with Gasteiger partial charge in [-0.2, -0.15) is 0 Å². The largest absolute Gasteiger partial charge is 0.393 e. The first-order valence-electron chi connectivity index (χ1n) is 14.1. The third kappa shape index (κ3) is 3.33. The molecule has 0 aromatic heterocycles. The number of allylic oxidation sites excluding steroid dienone is 1. The van der Waals surface area contributed by atoms with Gasteiger partial charge < -0.3 is 5.11 Å². The van der Waals surface area contributed by atoms with Crippen molar-refractivity contribution in [2.24, 2.45) is 56.7 Å². The third-order valence-corrected chi connectivity index (χ3v) is 13.7. The van der Waals surface area contributed by atoms with E-state index in [-0.39, 0.29) is 61.0 Å². The molecule has 1 N–H and O–H groups in total. The first kappa shape index (κ1) is 27.8. The van der Waals surface area contributed by atoms with Crippen LogP contribution in [0.1, 0.15) is 113 Å². The van der Waals surface area contributed by atoms with Gasteiger partial charge in [0.05, 0.1) is 6.10 Å². The molecule has 0 heterocycles. The van der Waals surface area contributed by atoms with E-state index in [1.54, 1.807) is 0 Å². The van der Waals surface area contributed by atoms with Crippen LogP contribution in [0.4, 0.5) is 0 Å². The molecule has 0 aliphatic heterocycles. The van der Waals surface area contributed by atoms with Gasteiger partial charge in [0.25, 0.3) is 0 Å². The van der Waals surface area contributed by atoms with Crippen molar-refractivity contribution in [2.45, 2.75) is 119 Å². The van der Waals surface area contributed by atoms with E-state index in [2.05, 4.69) is 48.1 Å². The molecule has 7 unspecified atom stereocenters. The van der Waals surface area contributed by atoms with Crippen LogP contribution in [-0.4, -0.2) is 17.0 Å². The molecule has 2 nitrogen and oxygen atoms in total. The Morgan fingerprint density at radius 1 is 0.794 bits per heavy atom. The molecule has 189 valence electrons. The number of hydrogen-bond donors (Lipinski definition) is 1. The van der Waals surface area contributed by atoms with Crippen molar-refractivity contribution < 1.29 is 54.0 Å². The van der Waals surface area contributed by atoms with E-state index in [0.717, 1.165) is 31.6 Å². The van der Waals surface area contributed by atoms with Gasteiger partial charge in [-0.3, -0.25) is 4.79 Å². The molecule has 0 amide bonds. The molecule has 5 aliphatic rings. The number of aliphatic hydroxyl groups excluding tert-OH is 1. The van der Waals surface area contributed by atoms with Crippen molar-refractivity contribution in [1.82, 2.24) is 0 Å². The van der Waals surface area contributed by atoms with Crippen LogP contribution in [-0.2, 0) is 4.79 Å². The molecule has 0 saturated heterocycles. The minimum absolute atomic E-state index is 0. The van der Waals surface area contributed by atoms with Gasteiger partial charge in [0.2, 0.25) is 0 Å². The summed E-state index contributed by atoms with van der Waals surface area (Å²) >= 11 is 0. The van der Waals surface area contributed by atoms with Crippen molar-refractivity contribution in [1.29, 1.82) is 0 Å². The zero-order valence-corrected chi connectivity index (χ0v) is 27.9. The van der Waals surface area contributed by atoms with E-state index in [0.29, 0.717) is 45.7 Å². The topological polar surface area (TPSA) is 37.3 Å². The molecule has 34 heavy (non-hydrogen) atoms. The SMILES string of the molecule is C=C(C)C1CCC2(C(C)=O)CC[C@]3(C)C(CCC4[C@@]5(C)CCC(O)C(C)(C)C5CC[C@]43C)C12.[Ac]. The summed E-state index contributed by atoms with van der Waals surface area (Å²) in [4.78, 5) is 13.2. The first-order valence-corrected chi connectivity index (χ1v) is 14.1. The number of aliphatic hydroxyl groups is 1. The fraction of sp³-hybridized carbons (Fsp3) is 0.903. The molecular weight excluding hydrogens is 631 g/mol. The van der Waals surface area contributed by atoms with E-state index >= 15 is 0 Å². The van der Waals surface area contributed by atoms with Gasteiger partial charge >= 0.3 is 0 Å². The van der Waals surface area contributed by atoms with E-state index in [9.17, 15) is 9.90 Å². The fourth-order valence-electron chi connectivity index (χ4n) is 11.7. The molecule has 0 aromatic carbocycles. The Bertz CT molecular complexity index is 863. The van der Waals surface area contributed by atoms with Gasteiger partial charge in [-0.05, 0) is 129 Å². The van der Waals surface area contributed by atoms with Crippen LogP contribution in [0.3, 0.4) is 0 Å². The molecule has 0 spiro atoms. The maximum absolute atomic E-state index is 13.2. The van der Waals surface area contributed by atoms with Gasteiger partial charge in [-0.25, -0.2) is 0 Å². The van der Waals surface area contributed by atoms with Crippen molar-refractivity contribution in [3.8, 4) is 0 Å². The molecular formula is C31H50AcO2. The quantitative estimate of drug-likeness (QED) is 0.305. The molecule has 5 rings (SSSR count). The van der Waals surface area contributed by atoms with Crippen LogP contribution in [0.15, 0.2) is 12.2 Å². The minimum Gasteiger partial charge on any atom is -0.393 e. The number of ketones is 1. The number of carbonyl (C=O) groups is 1. The predicted molar refractivity (Wildman–Crippen MR) is 136 cm³/mol. The Morgan fingerprint density at radius 2 is 1.47 bits per heavy atom. The predicted octanol–water partition coefficient (Wildman–Crippen LogP) is 7.59. The van der Waals surface area contributed by atoms with Crippen molar-refractivity contribution in [3.63, 3.8) is 0 Å². The summed E-state index contributed by atoms with van der Waals surface area (Å²) in [6, 6.07) is 0. The number of carbonyl (C=O) groups excluding carboxylic acids is 1. The molecule has 0 aromatic rings. The Balaban J connectivity index is 0.00000274. The molecule has 5 saturated carbocycles. The van der Waals surface area contributed by atoms with Crippen LogP contribution in [0.5, 0.6) is 0 Å². The Kier molecular flexibility index (Phi) is 7.09. The van der Waals surface area contributed by atoms with Crippen LogP contribution < -0.4 is 0 Å². The number of hydrogen-bond acceptors (Lipinski definition) is 2. The van der Waals surface area contributed by atoms with Crippen LogP contribution >= 0.6 is 0 Å². The summed E-state index contributed by atoms with van der Waals surface area (Å²) in [6.45, 7) is 21.1. The molecule has 10 atom stereocenters. The van der Waals surface area contributed by atoms with E-state index in [1.807, 2.05) is 6.92 Å². The van der Waals surface area contributed by atoms with E-state index in [4.69, 9.17) is 0 Å². The van der Waals surface area contributed by atoms with E-state index in [1.165, 1.54) is 44.1 Å². The van der Waals surface area contributed by atoms with Crippen LogP contribution in [0, 0.1) is 101 Å². The van der Waals surface area contributed by atoms with Gasteiger partial charge in [-0.1, -0.05) is 46.8 Å². The maximum Gasteiger partial charge on any atom is 0.136 e. The number of rotatable bonds is 2. The average molecular weight is 682 g/mol. The smallest absolute Gasteiger partial charge is 0.136 e. The summed E-state index contributed by atoms with van der Waals surface area (Å²) < 4.78 is 0. The summed E-state index contributed by atoms with van der Waals surface area (Å²) in [6.07, 6.45) is 11.7. The molecule has 5 fully saturated rings. The van der Waals surface area contributed by atoms with Gasteiger partial charge in [0, 0.05) is 49.5 Å². The zero-order valence-electron chi connectivity index (χ0n) is 23.2. The normalized spacial score (nSPS) is 53.4. The monoisotopic (exact) mass is 681 g/mol. The number of Topliss-reactive ketones (excluding diaryl/α,β-unsaturated/α-hetero) is 1. The van der Waals surface area contributed by atoms with Crippen LogP contribution in [0.25, 0.3) is 0 Å². The Labute approximate surface area is 245 Å². The average Bonchev–Trinajstić information content (AvgIpc) is 3.13. The second-order valence-electron chi connectivity index (χ2n) is 14.8. The first-order chi connectivity index (χ1) is 15.3. The van der Waals surface area contributed by atoms with E-state index < -0.39 is 0 Å². The van der Waals surface area contributed by atoms with Gasteiger partial charge in [0.15, 0.2) is 0 Å². The third-order valence-electron chi connectivity index (χ3n) is 13.7. The second kappa shape index (κ2) is 8.67. The fourth-order valence-corrected chi connectivity index (χ4v) is 11.7. The van der Waals surface area contributed by atoms with Gasteiger partial charge in [-0.15, -0.1) is 0 Å². The van der Waals surface area contributed by atoms with Crippen molar-refractivity contribution in [2.75, 3.05) is 0 Å². The Hall–Kier alpha value is 0.812. The zero-order chi connectivity index (χ0) is 24.2. The standard InChI is InChI=1S/C31H50O2.Ac/c1-19(2)21-11-16-31(20(3)32)18-17-29(7)22(26(21)31)9-10-24-28(6)14-13-25(33)27(4,5)23(28)12-15-30(24,29)8;/h21-26,33H,1,9-18H2,2-8H3;/t21?,22?,23?,24?,25?,26?,28-,29+,30+,31?;/m0./s1.